The fourth-order valence-electron chi connectivity index (χ4n) is 1.56. The largest absolute Gasteiger partial charge is 0.399 e. The first-order valence-electron chi connectivity index (χ1n) is 5.69. The molecule has 0 aliphatic rings. The molecule has 0 aromatic heterocycles. The van der Waals surface area contributed by atoms with Crippen LogP contribution in [0.2, 0.25) is 0 Å². The molecule has 2 rings (SSSR count). The second-order valence-corrected chi connectivity index (χ2v) is 7.86. The van der Waals surface area contributed by atoms with Crippen LogP contribution >= 0.6 is 27.7 Å². The van der Waals surface area contributed by atoms with Crippen LogP contribution in [0.5, 0.6) is 0 Å². The number of sulfonamides is 1. The molecule has 3 N–H and O–H groups in total. The van der Waals surface area contributed by atoms with Crippen LogP contribution in [0.25, 0.3) is 0 Å². The highest BCUT2D eigenvalue weighted by Crippen LogP contribution is 2.34. The van der Waals surface area contributed by atoms with Gasteiger partial charge in [-0.2, -0.15) is 0 Å². The predicted octanol–water partition coefficient (Wildman–Crippen LogP) is 3.09. The number of nitrogens with two attached hydrogens (primary N) is 1. The summed E-state index contributed by atoms with van der Waals surface area (Å²) in [5.41, 5.74) is 6.10. The Hall–Kier alpha value is -1.02. The topological polar surface area (TPSA) is 72.2 Å². The van der Waals surface area contributed by atoms with Gasteiger partial charge in [0.05, 0.1) is 4.90 Å². The van der Waals surface area contributed by atoms with Crippen molar-refractivity contribution in [2.75, 3.05) is 12.8 Å². The summed E-state index contributed by atoms with van der Waals surface area (Å²) < 4.78 is 27.4. The SMILES string of the molecule is CNS(=O)(=O)c1cc(N)ccc1Sc1ccc(Br)cc1. The van der Waals surface area contributed by atoms with Crippen molar-refractivity contribution in [2.24, 2.45) is 0 Å². The third-order valence-corrected chi connectivity index (χ3v) is 5.76. The Morgan fingerprint density at radius 1 is 1.15 bits per heavy atom. The summed E-state index contributed by atoms with van der Waals surface area (Å²) in [4.78, 5) is 1.77. The second kappa shape index (κ2) is 6.17. The van der Waals surface area contributed by atoms with Gasteiger partial charge in [-0.1, -0.05) is 27.7 Å². The van der Waals surface area contributed by atoms with Crippen LogP contribution in [-0.4, -0.2) is 15.5 Å². The van der Waals surface area contributed by atoms with Gasteiger partial charge in [-0.3, -0.25) is 0 Å². The number of hydrogen-bond acceptors (Lipinski definition) is 4. The molecule has 4 nitrogen and oxygen atoms in total. The van der Waals surface area contributed by atoms with Crippen LogP contribution in [0.1, 0.15) is 0 Å². The molecule has 0 radical (unpaired) electrons. The fraction of sp³-hybridized carbons (Fsp3) is 0.0769. The third-order valence-electron chi connectivity index (χ3n) is 2.57. The Labute approximate surface area is 130 Å². The Bertz CT molecular complexity index is 716. The number of hydrogen-bond donors (Lipinski definition) is 2. The van der Waals surface area contributed by atoms with Crippen molar-refractivity contribution in [3.63, 3.8) is 0 Å². The van der Waals surface area contributed by atoms with Gasteiger partial charge in [-0.05, 0) is 49.5 Å². The van der Waals surface area contributed by atoms with Gasteiger partial charge in [-0.25, -0.2) is 13.1 Å². The zero-order valence-electron chi connectivity index (χ0n) is 10.6. The fourth-order valence-corrected chi connectivity index (χ4v) is 3.94. The minimum Gasteiger partial charge on any atom is -0.399 e. The van der Waals surface area contributed by atoms with Gasteiger partial charge in [-0.15, -0.1) is 0 Å². The van der Waals surface area contributed by atoms with Gasteiger partial charge in [0, 0.05) is 20.0 Å². The van der Waals surface area contributed by atoms with Crippen molar-refractivity contribution in [2.45, 2.75) is 14.7 Å². The molecule has 0 aliphatic heterocycles. The standard InChI is InChI=1S/C13H13BrN2O2S2/c1-16-20(17,18)13-8-10(15)4-7-12(13)19-11-5-2-9(14)3-6-11/h2-8,16H,15H2,1H3. The lowest BCUT2D eigenvalue weighted by Crippen LogP contribution is -2.19. The average molecular weight is 373 g/mol. The van der Waals surface area contributed by atoms with Gasteiger partial charge in [0.25, 0.3) is 0 Å². The van der Waals surface area contributed by atoms with Crippen LogP contribution < -0.4 is 10.5 Å². The summed E-state index contributed by atoms with van der Waals surface area (Å²) in [5.74, 6) is 0. The summed E-state index contributed by atoms with van der Waals surface area (Å²) in [6, 6.07) is 12.5. The molecule has 0 saturated heterocycles. The molecule has 7 heteroatoms. The first-order valence-corrected chi connectivity index (χ1v) is 8.78. The first kappa shape index (κ1) is 15.4. The third kappa shape index (κ3) is 3.54. The van der Waals surface area contributed by atoms with Crippen molar-refractivity contribution >= 4 is 43.4 Å². The van der Waals surface area contributed by atoms with E-state index in [1.54, 1.807) is 12.1 Å². The van der Waals surface area contributed by atoms with E-state index < -0.39 is 10.0 Å². The Kier molecular flexibility index (Phi) is 4.74. The summed E-state index contributed by atoms with van der Waals surface area (Å²) in [6.45, 7) is 0. The molecule has 0 heterocycles. The maximum absolute atomic E-state index is 12.0. The van der Waals surface area contributed by atoms with Gasteiger partial charge in [0.1, 0.15) is 0 Å². The number of rotatable bonds is 4. The molecule has 0 saturated carbocycles. The molecular formula is C13H13BrN2O2S2. The molecule has 106 valence electrons. The maximum atomic E-state index is 12.0. The van der Waals surface area contributed by atoms with Gasteiger partial charge >= 0.3 is 0 Å². The van der Waals surface area contributed by atoms with E-state index >= 15 is 0 Å². The van der Waals surface area contributed by atoms with Crippen LogP contribution in [-0.2, 0) is 10.0 Å². The van der Waals surface area contributed by atoms with E-state index in [9.17, 15) is 8.42 Å². The number of halogens is 1. The minimum absolute atomic E-state index is 0.188. The Balaban J connectivity index is 2.44. The van der Waals surface area contributed by atoms with E-state index in [0.29, 0.717) is 10.6 Å². The summed E-state index contributed by atoms with van der Waals surface area (Å²) in [7, 11) is -2.16. The normalized spacial score (nSPS) is 11.5. The van der Waals surface area contributed by atoms with Crippen molar-refractivity contribution in [1.82, 2.24) is 4.72 Å². The zero-order chi connectivity index (χ0) is 14.8. The zero-order valence-corrected chi connectivity index (χ0v) is 13.8. The Morgan fingerprint density at radius 2 is 1.80 bits per heavy atom. The number of nitrogens with one attached hydrogen (secondary N) is 1. The average Bonchev–Trinajstić information content (AvgIpc) is 2.43. The quantitative estimate of drug-likeness (QED) is 0.808. The molecule has 2 aromatic rings. The number of anilines is 1. The monoisotopic (exact) mass is 372 g/mol. The van der Waals surface area contributed by atoms with E-state index in [1.165, 1.54) is 24.9 Å². The molecule has 0 fully saturated rings. The lowest BCUT2D eigenvalue weighted by Gasteiger charge is -2.10. The summed E-state index contributed by atoms with van der Waals surface area (Å²) in [6.07, 6.45) is 0. The van der Waals surface area contributed by atoms with Crippen LogP contribution in [0, 0.1) is 0 Å². The molecule has 0 atom stereocenters. The predicted molar refractivity (Wildman–Crippen MR) is 85.4 cm³/mol. The molecule has 0 spiro atoms. The second-order valence-electron chi connectivity index (χ2n) is 3.97. The van der Waals surface area contributed by atoms with E-state index in [1.807, 2.05) is 24.3 Å². The van der Waals surface area contributed by atoms with Crippen LogP contribution in [0.15, 0.2) is 61.6 Å². The lowest BCUT2D eigenvalue weighted by molar-refractivity contribution is 0.586. The van der Waals surface area contributed by atoms with Gasteiger partial charge in [0.2, 0.25) is 10.0 Å². The number of nitrogen functional groups attached to an aromatic ring is 1. The van der Waals surface area contributed by atoms with E-state index in [4.69, 9.17) is 5.73 Å². The highest BCUT2D eigenvalue weighted by molar-refractivity contribution is 9.10. The van der Waals surface area contributed by atoms with Crippen LogP contribution in [0.3, 0.4) is 0 Å². The minimum atomic E-state index is -3.54. The maximum Gasteiger partial charge on any atom is 0.241 e. The molecule has 0 bridgehead atoms. The van der Waals surface area contributed by atoms with Crippen molar-refractivity contribution < 1.29 is 8.42 Å². The molecule has 0 amide bonds. The first-order chi connectivity index (χ1) is 9.42. The highest BCUT2D eigenvalue weighted by Gasteiger charge is 2.17. The van der Waals surface area contributed by atoms with Crippen LogP contribution in [0.4, 0.5) is 5.69 Å². The molecular weight excluding hydrogens is 360 g/mol. The Morgan fingerprint density at radius 3 is 2.40 bits per heavy atom. The lowest BCUT2D eigenvalue weighted by atomic mass is 10.3. The van der Waals surface area contributed by atoms with Crippen molar-refractivity contribution in [3.8, 4) is 0 Å². The summed E-state index contributed by atoms with van der Waals surface area (Å²) in [5, 5.41) is 0. The van der Waals surface area contributed by atoms with Crippen molar-refractivity contribution in [3.05, 3.63) is 46.9 Å². The number of benzene rings is 2. The van der Waals surface area contributed by atoms with Gasteiger partial charge < -0.3 is 5.73 Å². The van der Waals surface area contributed by atoms with Gasteiger partial charge in [0.15, 0.2) is 0 Å². The molecule has 20 heavy (non-hydrogen) atoms. The van der Waals surface area contributed by atoms with Crippen molar-refractivity contribution in [1.29, 1.82) is 0 Å². The van der Waals surface area contributed by atoms with E-state index in [0.717, 1.165) is 9.37 Å². The molecule has 2 aromatic carbocycles. The van der Waals surface area contributed by atoms with E-state index in [2.05, 4.69) is 20.7 Å². The van der Waals surface area contributed by atoms with E-state index in [-0.39, 0.29) is 4.90 Å². The molecule has 0 aliphatic carbocycles. The smallest absolute Gasteiger partial charge is 0.241 e. The summed E-state index contributed by atoms with van der Waals surface area (Å²) >= 11 is 4.74. The highest BCUT2D eigenvalue weighted by atomic mass is 79.9. The molecule has 0 unspecified atom stereocenters.